The third-order valence-electron chi connectivity index (χ3n) is 2.42. The Labute approximate surface area is 117 Å². The zero-order valence-electron chi connectivity index (χ0n) is 11.6. The van der Waals surface area contributed by atoms with Crippen molar-refractivity contribution in [3.05, 3.63) is 33.8 Å². The molecule has 0 aliphatic heterocycles. The smallest absolute Gasteiger partial charge is 0.410 e. The van der Waals surface area contributed by atoms with Crippen molar-refractivity contribution in [3.8, 4) is 0 Å². The minimum absolute atomic E-state index is 0.304. The maximum absolute atomic E-state index is 11.9. The van der Waals surface area contributed by atoms with E-state index in [1.54, 1.807) is 11.9 Å². The van der Waals surface area contributed by atoms with Crippen molar-refractivity contribution in [2.24, 2.45) is 0 Å². The van der Waals surface area contributed by atoms with Gasteiger partial charge in [-0.05, 0) is 51.0 Å². The van der Waals surface area contributed by atoms with Crippen LogP contribution in [0.5, 0.6) is 0 Å². The number of carbonyl (C=O) groups excluding carboxylic acids is 1. The molecule has 0 bridgehead atoms. The molecule has 0 aliphatic carbocycles. The quantitative estimate of drug-likeness (QED) is 0.821. The molecular weight excluding hydrogens is 294 g/mol. The van der Waals surface area contributed by atoms with Crippen LogP contribution in [-0.2, 0) is 11.3 Å². The van der Waals surface area contributed by atoms with E-state index in [-0.39, 0.29) is 6.09 Å². The minimum atomic E-state index is -0.461. The first-order valence-corrected chi connectivity index (χ1v) is 6.67. The van der Waals surface area contributed by atoms with E-state index >= 15 is 0 Å². The van der Waals surface area contributed by atoms with E-state index in [2.05, 4.69) is 15.9 Å². The second-order valence-electron chi connectivity index (χ2n) is 5.41. The number of rotatable bonds is 2. The van der Waals surface area contributed by atoms with Crippen molar-refractivity contribution in [3.63, 3.8) is 0 Å². The summed E-state index contributed by atoms with van der Waals surface area (Å²) in [6.45, 7) is 8.17. The molecule has 0 atom stereocenters. The van der Waals surface area contributed by atoms with Gasteiger partial charge in [-0.15, -0.1) is 0 Å². The largest absolute Gasteiger partial charge is 0.444 e. The van der Waals surface area contributed by atoms with Gasteiger partial charge >= 0.3 is 6.09 Å². The molecule has 0 aromatic heterocycles. The highest BCUT2D eigenvalue weighted by molar-refractivity contribution is 9.10. The topological polar surface area (TPSA) is 29.5 Å². The van der Waals surface area contributed by atoms with Gasteiger partial charge in [0.25, 0.3) is 0 Å². The first-order valence-electron chi connectivity index (χ1n) is 5.88. The molecule has 1 amide bonds. The molecule has 3 nitrogen and oxygen atoms in total. The van der Waals surface area contributed by atoms with Crippen molar-refractivity contribution < 1.29 is 9.53 Å². The molecule has 0 saturated carbocycles. The van der Waals surface area contributed by atoms with Gasteiger partial charge in [-0.1, -0.05) is 22.0 Å². The summed E-state index contributed by atoms with van der Waals surface area (Å²) in [6.07, 6.45) is -0.304. The van der Waals surface area contributed by atoms with Crippen molar-refractivity contribution in [2.45, 2.75) is 39.8 Å². The van der Waals surface area contributed by atoms with Crippen LogP contribution in [0.4, 0.5) is 4.79 Å². The van der Waals surface area contributed by atoms with Gasteiger partial charge in [0, 0.05) is 18.1 Å². The average Bonchev–Trinajstić information content (AvgIpc) is 2.21. The summed E-state index contributed by atoms with van der Waals surface area (Å²) in [5, 5.41) is 0. The molecule has 18 heavy (non-hydrogen) atoms. The zero-order chi connectivity index (χ0) is 13.9. The van der Waals surface area contributed by atoms with E-state index in [1.807, 2.05) is 45.9 Å². The number of nitrogens with zero attached hydrogens (tertiary/aromatic N) is 1. The van der Waals surface area contributed by atoms with E-state index in [1.165, 1.54) is 0 Å². The molecule has 0 heterocycles. The summed E-state index contributed by atoms with van der Waals surface area (Å²) in [7, 11) is 1.74. The molecule has 1 aromatic carbocycles. The van der Waals surface area contributed by atoms with Crippen LogP contribution >= 0.6 is 15.9 Å². The lowest BCUT2D eigenvalue weighted by atomic mass is 10.1. The van der Waals surface area contributed by atoms with Gasteiger partial charge in [-0.2, -0.15) is 0 Å². The normalized spacial score (nSPS) is 11.2. The lowest BCUT2D eigenvalue weighted by Crippen LogP contribution is -2.33. The van der Waals surface area contributed by atoms with E-state index in [0.717, 1.165) is 15.6 Å². The summed E-state index contributed by atoms with van der Waals surface area (Å²) in [6, 6.07) is 6.05. The predicted octanol–water partition coefficient (Wildman–Crippen LogP) is 4.12. The molecule has 1 aromatic rings. The Bertz CT molecular complexity index is 438. The molecule has 0 N–H and O–H groups in total. The number of hydrogen-bond donors (Lipinski definition) is 0. The van der Waals surface area contributed by atoms with Gasteiger partial charge in [0.1, 0.15) is 5.60 Å². The molecule has 0 spiro atoms. The number of halogens is 1. The third-order valence-corrected chi connectivity index (χ3v) is 2.92. The summed E-state index contributed by atoms with van der Waals surface area (Å²) >= 11 is 3.44. The van der Waals surface area contributed by atoms with E-state index < -0.39 is 5.60 Å². The van der Waals surface area contributed by atoms with Gasteiger partial charge in [0.15, 0.2) is 0 Å². The monoisotopic (exact) mass is 313 g/mol. The molecular formula is C14H20BrNO2. The van der Waals surface area contributed by atoms with Gasteiger partial charge < -0.3 is 9.64 Å². The van der Waals surface area contributed by atoms with E-state index in [0.29, 0.717) is 6.54 Å². The SMILES string of the molecule is Cc1ccc(Br)cc1CN(C)C(=O)OC(C)(C)C. The third kappa shape index (κ3) is 4.69. The van der Waals surface area contributed by atoms with Crippen LogP contribution in [0.1, 0.15) is 31.9 Å². The lowest BCUT2D eigenvalue weighted by Gasteiger charge is -2.25. The Morgan fingerprint density at radius 2 is 2.00 bits per heavy atom. The summed E-state index contributed by atoms with van der Waals surface area (Å²) in [5.41, 5.74) is 1.81. The van der Waals surface area contributed by atoms with Gasteiger partial charge in [0.2, 0.25) is 0 Å². The molecule has 0 radical (unpaired) electrons. The number of aryl methyl sites for hydroxylation is 1. The van der Waals surface area contributed by atoms with Crippen LogP contribution in [0.3, 0.4) is 0 Å². The fraction of sp³-hybridized carbons (Fsp3) is 0.500. The first kappa shape index (κ1) is 15.0. The lowest BCUT2D eigenvalue weighted by molar-refractivity contribution is 0.0285. The van der Waals surface area contributed by atoms with Gasteiger partial charge in [-0.25, -0.2) is 4.79 Å². The van der Waals surface area contributed by atoms with Gasteiger partial charge in [-0.3, -0.25) is 0 Å². The Morgan fingerprint density at radius 3 is 2.56 bits per heavy atom. The molecule has 0 unspecified atom stereocenters. The average molecular weight is 314 g/mol. The Balaban J connectivity index is 2.72. The van der Waals surface area contributed by atoms with Crippen LogP contribution in [0, 0.1) is 6.92 Å². The highest BCUT2D eigenvalue weighted by Gasteiger charge is 2.19. The molecule has 0 aliphatic rings. The molecule has 1 rings (SSSR count). The number of hydrogen-bond acceptors (Lipinski definition) is 2. The van der Waals surface area contributed by atoms with Crippen molar-refractivity contribution >= 4 is 22.0 Å². The van der Waals surface area contributed by atoms with Crippen LogP contribution in [0.2, 0.25) is 0 Å². The highest BCUT2D eigenvalue weighted by atomic mass is 79.9. The number of carbonyl (C=O) groups is 1. The second kappa shape index (κ2) is 5.74. The van der Waals surface area contributed by atoms with Crippen LogP contribution in [0.15, 0.2) is 22.7 Å². The minimum Gasteiger partial charge on any atom is -0.444 e. The van der Waals surface area contributed by atoms with Crippen molar-refractivity contribution in [1.82, 2.24) is 4.90 Å². The number of amides is 1. The van der Waals surface area contributed by atoms with Crippen LogP contribution in [0.25, 0.3) is 0 Å². The molecule has 4 heteroatoms. The molecule has 0 saturated heterocycles. The Kier molecular flexibility index (Phi) is 4.79. The zero-order valence-corrected chi connectivity index (χ0v) is 13.2. The number of ether oxygens (including phenoxy) is 1. The standard InChI is InChI=1S/C14H20BrNO2/c1-10-6-7-12(15)8-11(10)9-16(5)13(17)18-14(2,3)4/h6-8H,9H2,1-5H3. The van der Waals surface area contributed by atoms with Crippen molar-refractivity contribution in [2.75, 3.05) is 7.05 Å². The van der Waals surface area contributed by atoms with Crippen LogP contribution in [-0.4, -0.2) is 23.6 Å². The fourth-order valence-corrected chi connectivity index (χ4v) is 1.88. The van der Waals surface area contributed by atoms with Crippen LogP contribution < -0.4 is 0 Å². The van der Waals surface area contributed by atoms with Gasteiger partial charge in [0.05, 0.1) is 0 Å². The maximum atomic E-state index is 11.9. The molecule has 0 fully saturated rings. The fourth-order valence-electron chi connectivity index (χ4n) is 1.47. The summed E-state index contributed by atoms with van der Waals surface area (Å²) < 4.78 is 6.33. The molecule has 100 valence electrons. The first-order chi connectivity index (χ1) is 8.19. The Hall–Kier alpha value is -1.03. The highest BCUT2D eigenvalue weighted by Crippen LogP contribution is 2.18. The van der Waals surface area contributed by atoms with E-state index in [4.69, 9.17) is 4.74 Å². The second-order valence-corrected chi connectivity index (χ2v) is 6.32. The maximum Gasteiger partial charge on any atom is 0.410 e. The summed E-state index contributed by atoms with van der Waals surface area (Å²) in [4.78, 5) is 13.4. The Morgan fingerprint density at radius 1 is 1.39 bits per heavy atom. The van der Waals surface area contributed by atoms with E-state index in [9.17, 15) is 4.79 Å². The number of benzene rings is 1. The summed E-state index contributed by atoms with van der Waals surface area (Å²) in [5.74, 6) is 0. The van der Waals surface area contributed by atoms with Crippen molar-refractivity contribution in [1.29, 1.82) is 0 Å². The predicted molar refractivity (Wildman–Crippen MR) is 76.6 cm³/mol.